The Bertz CT molecular complexity index is 1040. The van der Waals surface area contributed by atoms with E-state index in [0.717, 1.165) is 0 Å². The van der Waals surface area contributed by atoms with Crippen LogP contribution in [-0.2, 0) is 24.3 Å². The zero-order valence-corrected chi connectivity index (χ0v) is 18.0. The third kappa shape index (κ3) is 6.79. The summed E-state index contributed by atoms with van der Waals surface area (Å²) in [7, 11) is -1.01. The quantitative estimate of drug-likeness (QED) is 0.483. The first kappa shape index (κ1) is 23.8. The van der Waals surface area contributed by atoms with Crippen LogP contribution in [0, 0.1) is 0 Å². The summed E-state index contributed by atoms with van der Waals surface area (Å²) in [5.74, 6) is -1.31. The number of benzene rings is 2. The van der Waals surface area contributed by atoms with Crippen LogP contribution in [0.25, 0.3) is 0 Å². The van der Waals surface area contributed by atoms with Crippen molar-refractivity contribution < 1.29 is 32.3 Å². The number of carbonyl (C=O) groups excluding carboxylic acids is 3. The number of esters is 1. The van der Waals surface area contributed by atoms with Crippen LogP contribution in [0.1, 0.15) is 17.3 Å². The first-order chi connectivity index (χ1) is 14.7. The summed E-state index contributed by atoms with van der Waals surface area (Å²) < 4.78 is 36.8. The Hall–Kier alpha value is -3.44. The van der Waals surface area contributed by atoms with Crippen LogP contribution in [0.3, 0.4) is 0 Å². The monoisotopic (exact) mass is 449 g/mol. The van der Waals surface area contributed by atoms with Crippen LogP contribution < -0.4 is 20.1 Å². The zero-order chi connectivity index (χ0) is 23.0. The van der Waals surface area contributed by atoms with E-state index in [1.54, 1.807) is 0 Å². The molecule has 3 N–H and O–H groups in total. The molecule has 0 unspecified atom stereocenters. The molecule has 1 atom stereocenters. The van der Waals surface area contributed by atoms with Gasteiger partial charge in [0, 0.05) is 18.3 Å². The molecule has 10 nitrogen and oxygen atoms in total. The third-order valence-electron chi connectivity index (χ3n) is 4.06. The number of nitrogens with one attached hydrogen (secondary N) is 3. The predicted octanol–water partition coefficient (Wildman–Crippen LogP) is 0.904. The second-order valence-electron chi connectivity index (χ2n) is 6.33. The lowest BCUT2D eigenvalue weighted by molar-refractivity contribution is -0.148. The summed E-state index contributed by atoms with van der Waals surface area (Å²) in [5, 5.41) is 4.99. The Morgan fingerprint density at radius 2 is 1.61 bits per heavy atom. The maximum absolute atomic E-state index is 12.4. The summed E-state index contributed by atoms with van der Waals surface area (Å²) in [6, 6.07) is 10.5. The van der Waals surface area contributed by atoms with Gasteiger partial charge in [-0.15, -0.1) is 0 Å². The minimum atomic E-state index is -3.97. The SMILES string of the molecule is CNC(=O)c1ccc(NC(=O)COC(=O)[C@H](C)NS(=O)(=O)c2ccc(OC)cc2)cc1. The van der Waals surface area contributed by atoms with E-state index < -0.39 is 34.5 Å². The molecule has 0 fully saturated rings. The highest BCUT2D eigenvalue weighted by Crippen LogP contribution is 2.16. The number of methoxy groups -OCH3 is 1. The summed E-state index contributed by atoms with van der Waals surface area (Å²) in [4.78, 5) is 35.5. The molecule has 0 saturated heterocycles. The van der Waals surface area contributed by atoms with Gasteiger partial charge in [0.25, 0.3) is 11.8 Å². The molecule has 0 aromatic heterocycles. The number of hydrogen-bond acceptors (Lipinski definition) is 7. The van der Waals surface area contributed by atoms with Gasteiger partial charge in [-0.3, -0.25) is 14.4 Å². The van der Waals surface area contributed by atoms with E-state index in [1.807, 2.05) is 0 Å². The molecular formula is C20H23N3O7S. The fourth-order valence-electron chi connectivity index (χ4n) is 2.41. The standard InChI is InChI=1S/C20H23N3O7S/c1-13(23-31(27,28)17-10-8-16(29-3)9-11-17)20(26)30-12-18(24)22-15-6-4-14(5-7-15)19(25)21-2/h4-11,13,23H,12H2,1-3H3,(H,21,25)(H,22,24)/t13-/m0/s1. The van der Waals surface area contributed by atoms with Crippen LogP contribution in [0.2, 0.25) is 0 Å². The number of carbonyl (C=O) groups is 3. The van der Waals surface area contributed by atoms with Crippen molar-refractivity contribution in [2.75, 3.05) is 26.1 Å². The van der Waals surface area contributed by atoms with Gasteiger partial charge in [-0.2, -0.15) is 4.72 Å². The predicted molar refractivity (Wildman–Crippen MR) is 112 cm³/mol. The van der Waals surface area contributed by atoms with Crippen LogP contribution >= 0.6 is 0 Å². The Kier molecular flexibility index (Phi) is 8.11. The number of ether oxygens (including phenoxy) is 2. The topological polar surface area (TPSA) is 140 Å². The molecule has 2 aromatic carbocycles. The minimum Gasteiger partial charge on any atom is -0.497 e. The van der Waals surface area contributed by atoms with Crippen molar-refractivity contribution in [2.45, 2.75) is 17.9 Å². The normalized spacial score (nSPS) is 11.8. The largest absolute Gasteiger partial charge is 0.497 e. The van der Waals surface area contributed by atoms with Crippen LogP contribution in [0.4, 0.5) is 5.69 Å². The lowest BCUT2D eigenvalue weighted by Gasteiger charge is -2.14. The Labute approximate surface area is 180 Å². The third-order valence-corrected chi connectivity index (χ3v) is 5.62. The van der Waals surface area contributed by atoms with Crippen molar-refractivity contribution in [3.63, 3.8) is 0 Å². The lowest BCUT2D eigenvalue weighted by atomic mass is 10.2. The van der Waals surface area contributed by atoms with Gasteiger partial charge in [0.15, 0.2) is 6.61 Å². The Morgan fingerprint density at radius 3 is 2.16 bits per heavy atom. The van der Waals surface area contributed by atoms with E-state index in [1.165, 1.54) is 69.6 Å². The molecule has 11 heteroatoms. The van der Waals surface area contributed by atoms with E-state index in [2.05, 4.69) is 15.4 Å². The van der Waals surface area contributed by atoms with Crippen molar-refractivity contribution in [3.05, 3.63) is 54.1 Å². The van der Waals surface area contributed by atoms with Crippen LogP contribution in [0.15, 0.2) is 53.4 Å². The second-order valence-corrected chi connectivity index (χ2v) is 8.04. The second kappa shape index (κ2) is 10.5. The highest BCUT2D eigenvalue weighted by molar-refractivity contribution is 7.89. The number of rotatable bonds is 9. The van der Waals surface area contributed by atoms with Gasteiger partial charge in [0.05, 0.1) is 12.0 Å². The molecule has 0 saturated carbocycles. The number of anilines is 1. The van der Waals surface area contributed by atoms with E-state index in [9.17, 15) is 22.8 Å². The lowest BCUT2D eigenvalue weighted by Crippen LogP contribution is -2.40. The zero-order valence-electron chi connectivity index (χ0n) is 17.2. The molecular weight excluding hydrogens is 426 g/mol. The maximum atomic E-state index is 12.4. The van der Waals surface area contributed by atoms with Crippen molar-refractivity contribution in [1.82, 2.24) is 10.0 Å². The molecule has 0 bridgehead atoms. The van der Waals surface area contributed by atoms with Crippen molar-refractivity contribution in [2.24, 2.45) is 0 Å². The summed E-state index contributed by atoms with van der Waals surface area (Å²) >= 11 is 0. The first-order valence-electron chi connectivity index (χ1n) is 9.11. The van der Waals surface area contributed by atoms with Gasteiger partial charge in [-0.1, -0.05) is 0 Å². The molecule has 31 heavy (non-hydrogen) atoms. The molecule has 2 amide bonds. The Balaban J connectivity index is 1.86. The summed E-state index contributed by atoms with van der Waals surface area (Å²) in [5.41, 5.74) is 0.826. The van der Waals surface area contributed by atoms with Crippen molar-refractivity contribution in [1.29, 1.82) is 0 Å². The highest BCUT2D eigenvalue weighted by atomic mass is 32.2. The van der Waals surface area contributed by atoms with Gasteiger partial charge in [-0.05, 0) is 55.5 Å². The summed E-state index contributed by atoms with van der Waals surface area (Å²) in [6.07, 6.45) is 0. The average molecular weight is 449 g/mol. The Morgan fingerprint density at radius 1 is 1.00 bits per heavy atom. The van der Waals surface area contributed by atoms with Gasteiger partial charge < -0.3 is 20.1 Å². The first-order valence-corrected chi connectivity index (χ1v) is 10.6. The van der Waals surface area contributed by atoms with Gasteiger partial charge in [-0.25, -0.2) is 8.42 Å². The van der Waals surface area contributed by atoms with E-state index in [0.29, 0.717) is 17.0 Å². The number of sulfonamides is 1. The fourth-order valence-corrected chi connectivity index (χ4v) is 3.60. The fraction of sp³-hybridized carbons (Fsp3) is 0.250. The number of amides is 2. The van der Waals surface area contributed by atoms with Crippen molar-refractivity contribution >= 4 is 33.5 Å². The van der Waals surface area contributed by atoms with Gasteiger partial charge in [0.2, 0.25) is 10.0 Å². The molecule has 0 aliphatic heterocycles. The molecule has 166 valence electrons. The maximum Gasteiger partial charge on any atom is 0.324 e. The number of hydrogen-bond donors (Lipinski definition) is 3. The molecule has 0 aliphatic carbocycles. The van der Waals surface area contributed by atoms with E-state index in [-0.39, 0.29) is 10.8 Å². The van der Waals surface area contributed by atoms with E-state index in [4.69, 9.17) is 9.47 Å². The van der Waals surface area contributed by atoms with Crippen LogP contribution in [0.5, 0.6) is 5.75 Å². The van der Waals surface area contributed by atoms with Gasteiger partial charge >= 0.3 is 5.97 Å². The minimum absolute atomic E-state index is 0.0501. The van der Waals surface area contributed by atoms with E-state index >= 15 is 0 Å². The van der Waals surface area contributed by atoms with Crippen LogP contribution in [-0.4, -0.2) is 53.0 Å². The molecule has 2 aromatic rings. The smallest absolute Gasteiger partial charge is 0.324 e. The average Bonchev–Trinajstić information content (AvgIpc) is 2.77. The molecule has 0 aliphatic rings. The van der Waals surface area contributed by atoms with Gasteiger partial charge in [0.1, 0.15) is 11.8 Å². The van der Waals surface area contributed by atoms with Crippen molar-refractivity contribution in [3.8, 4) is 5.75 Å². The molecule has 0 radical (unpaired) electrons. The summed E-state index contributed by atoms with van der Waals surface area (Å²) in [6.45, 7) is 0.698. The molecule has 0 spiro atoms. The highest BCUT2D eigenvalue weighted by Gasteiger charge is 2.23. The molecule has 2 rings (SSSR count). The molecule has 0 heterocycles.